The summed E-state index contributed by atoms with van der Waals surface area (Å²) in [5.74, 6) is 0.653. The number of fused-ring (bicyclic) bond motifs is 1. The molecule has 0 unspecified atom stereocenters. The molecule has 0 spiro atoms. The Bertz CT molecular complexity index is 1200. The first-order chi connectivity index (χ1) is 14.4. The van der Waals surface area contributed by atoms with E-state index >= 15 is 0 Å². The van der Waals surface area contributed by atoms with Crippen molar-refractivity contribution in [1.82, 2.24) is 9.82 Å². The van der Waals surface area contributed by atoms with Gasteiger partial charge in [0.05, 0.1) is 37.5 Å². The molecule has 0 amide bonds. The van der Waals surface area contributed by atoms with E-state index in [1.807, 2.05) is 6.92 Å². The van der Waals surface area contributed by atoms with Crippen LogP contribution < -0.4 is 24.8 Å². The maximum atomic E-state index is 12.5. The molecule has 30 heavy (non-hydrogen) atoms. The average molecular weight is 435 g/mol. The molecule has 0 bridgehead atoms. The molecule has 1 heterocycles. The fraction of sp³-hybridized carbons (Fsp3) is 0.263. The number of H-pyrrole nitrogens is 1. The van der Waals surface area contributed by atoms with Gasteiger partial charge in [0.1, 0.15) is 0 Å². The smallest absolute Gasteiger partial charge is 0.417 e. The van der Waals surface area contributed by atoms with Crippen LogP contribution in [0, 0.1) is 0 Å². The molecule has 0 aliphatic carbocycles. The van der Waals surface area contributed by atoms with Gasteiger partial charge in [-0.2, -0.15) is 13.5 Å². The zero-order chi connectivity index (χ0) is 21.7. The molecule has 3 aromatic rings. The molecular formula is C19H21N3O7S. The molecule has 0 fully saturated rings. The Balaban J connectivity index is 1.82. The van der Waals surface area contributed by atoms with Crippen molar-refractivity contribution in [3.05, 3.63) is 46.4 Å². The lowest BCUT2D eigenvalue weighted by molar-refractivity contribution is 0.275. The SMILES string of the molecule is CCCOc1c(OC)cc(/C=N/NS(=O)(=O)c2ccc3[nH]c(=O)oc3c2)cc1OC. The number of hydrazone groups is 1. The number of hydrogen-bond acceptors (Lipinski definition) is 8. The van der Waals surface area contributed by atoms with Gasteiger partial charge in [0.25, 0.3) is 10.0 Å². The lowest BCUT2D eigenvalue weighted by Crippen LogP contribution is -2.18. The quantitative estimate of drug-likeness (QED) is 0.389. The van der Waals surface area contributed by atoms with Crippen molar-refractivity contribution in [3.8, 4) is 17.2 Å². The number of nitrogens with one attached hydrogen (secondary N) is 2. The van der Waals surface area contributed by atoms with Gasteiger partial charge >= 0.3 is 5.76 Å². The van der Waals surface area contributed by atoms with E-state index in [9.17, 15) is 13.2 Å². The van der Waals surface area contributed by atoms with Crippen molar-refractivity contribution in [1.29, 1.82) is 0 Å². The summed E-state index contributed by atoms with van der Waals surface area (Å²) in [7, 11) is -0.990. The molecule has 0 radical (unpaired) electrons. The summed E-state index contributed by atoms with van der Waals surface area (Å²) in [4.78, 5) is 15.7. The summed E-state index contributed by atoms with van der Waals surface area (Å²) in [6.07, 6.45) is 2.12. The monoisotopic (exact) mass is 435 g/mol. The molecule has 2 N–H and O–H groups in total. The Hall–Kier alpha value is -3.47. The Morgan fingerprint density at radius 2 is 1.87 bits per heavy atom. The summed E-state index contributed by atoms with van der Waals surface area (Å²) >= 11 is 0. The van der Waals surface area contributed by atoms with Crippen molar-refractivity contribution >= 4 is 27.3 Å². The number of rotatable bonds is 9. The van der Waals surface area contributed by atoms with Crippen molar-refractivity contribution in [2.24, 2.45) is 5.10 Å². The Morgan fingerprint density at radius 3 is 2.50 bits per heavy atom. The molecular weight excluding hydrogens is 414 g/mol. The van der Waals surface area contributed by atoms with Crippen LogP contribution in [0.4, 0.5) is 0 Å². The highest BCUT2D eigenvalue weighted by molar-refractivity contribution is 7.89. The van der Waals surface area contributed by atoms with Crippen LogP contribution in [-0.4, -0.2) is 40.4 Å². The van der Waals surface area contributed by atoms with Gasteiger partial charge in [-0.1, -0.05) is 6.92 Å². The molecule has 160 valence electrons. The van der Waals surface area contributed by atoms with Gasteiger partial charge in [-0.05, 0) is 30.7 Å². The van der Waals surface area contributed by atoms with E-state index < -0.39 is 15.8 Å². The highest BCUT2D eigenvalue weighted by Crippen LogP contribution is 2.38. The fourth-order valence-corrected chi connectivity index (χ4v) is 3.44. The van der Waals surface area contributed by atoms with Crippen molar-refractivity contribution in [3.63, 3.8) is 0 Å². The number of hydrogen-bond donors (Lipinski definition) is 2. The van der Waals surface area contributed by atoms with Crippen LogP contribution >= 0.6 is 0 Å². The second kappa shape index (κ2) is 8.91. The zero-order valence-electron chi connectivity index (χ0n) is 16.6. The third kappa shape index (κ3) is 4.57. The maximum absolute atomic E-state index is 12.5. The number of oxazole rings is 1. The van der Waals surface area contributed by atoms with E-state index in [1.165, 1.54) is 38.6 Å². The molecule has 0 aliphatic heterocycles. The summed E-state index contributed by atoms with van der Waals surface area (Å²) in [6, 6.07) is 7.29. The fourth-order valence-electron chi connectivity index (χ4n) is 2.64. The van der Waals surface area contributed by atoms with Gasteiger partial charge < -0.3 is 18.6 Å². The minimum absolute atomic E-state index is 0.103. The highest BCUT2D eigenvalue weighted by atomic mass is 32.2. The van der Waals surface area contributed by atoms with Crippen molar-refractivity contribution in [2.45, 2.75) is 18.2 Å². The van der Waals surface area contributed by atoms with Gasteiger partial charge in [0.2, 0.25) is 5.75 Å². The first-order valence-electron chi connectivity index (χ1n) is 8.94. The van der Waals surface area contributed by atoms with Crippen molar-refractivity contribution in [2.75, 3.05) is 20.8 Å². The summed E-state index contributed by atoms with van der Waals surface area (Å²) in [6.45, 7) is 2.47. The second-order valence-corrected chi connectivity index (χ2v) is 7.79. The predicted molar refractivity (Wildman–Crippen MR) is 110 cm³/mol. The second-order valence-electron chi connectivity index (χ2n) is 6.13. The topological polar surface area (TPSA) is 132 Å². The maximum Gasteiger partial charge on any atom is 0.417 e. The number of methoxy groups -OCH3 is 2. The third-order valence-corrected chi connectivity index (χ3v) is 5.24. The Kier molecular flexibility index (Phi) is 6.31. The van der Waals surface area contributed by atoms with E-state index in [1.54, 1.807) is 12.1 Å². The third-order valence-electron chi connectivity index (χ3n) is 4.02. The Morgan fingerprint density at radius 1 is 1.17 bits per heavy atom. The van der Waals surface area contributed by atoms with E-state index in [2.05, 4.69) is 14.9 Å². The molecule has 0 saturated carbocycles. The van der Waals surface area contributed by atoms with E-state index in [0.29, 0.717) is 34.9 Å². The largest absolute Gasteiger partial charge is 0.493 e. The first-order valence-corrected chi connectivity index (χ1v) is 10.4. The van der Waals surface area contributed by atoms with Crippen LogP contribution in [-0.2, 0) is 10.0 Å². The van der Waals surface area contributed by atoms with E-state index in [4.69, 9.17) is 18.6 Å². The number of aromatic nitrogens is 1. The number of benzene rings is 2. The molecule has 10 nitrogen and oxygen atoms in total. The molecule has 0 aliphatic rings. The van der Waals surface area contributed by atoms with Crippen LogP contribution in [0.15, 0.2) is 49.5 Å². The Labute approximate surface area is 172 Å². The number of sulfonamides is 1. The molecule has 2 aromatic carbocycles. The lowest BCUT2D eigenvalue weighted by atomic mass is 10.2. The van der Waals surface area contributed by atoms with Gasteiger partial charge in [0, 0.05) is 11.6 Å². The van der Waals surface area contributed by atoms with Crippen LogP contribution in [0.5, 0.6) is 17.2 Å². The standard InChI is InChI=1S/C19H21N3O7S/c1-4-7-28-18-16(26-2)8-12(9-17(18)27-3)11-20-22-30(24,25)13-5-6-14-15(10-13)29-19(23)21-14/h5-6,8-11,22H,4,7H2,1-3H3,(H,21,23)/b20-11+. The van der Waals surface area contributed by atoms with Gasteiger partial charge in [-0.15, -0.1) is 0 Å². The van der Waals surface area contributed by atoms with Crippen LogP contribution in [0.2, 0.25) is 0 Å². The summed E-state index contributed by atoms with van der Waals surface area (Å²) < 4.78 is 46.2. The van der Waals surface area contributed by atoms with Gasteiger partial charge in [-0.3, -0.25) is 4.98 Å². The zero-order valence-corrected chi connectivity index (χ0v) is 17.4. The van der Waals surface area contributed by atoms with Crippen LogP contribution in [0.1, 0.15) is 18.9 Å². The lowest BCUT2D eigenvalue weighted by Gasteiger charge is -2.14. The minimum Gasteiger partial charge on any atom is -0.493 e. The predicted octanol–water partition coefficient (Wildman–Crippen LogP) is 2.24. The van der Waals surface area contributed by atoms with Crippen LogP contribution in [0.3, 0.4) is 0 Å². The van der Waals surface area contributed by atoms with Crippen LogP contribution in [0.25, 0.3) is 11.1 Å². The highest BCUT2D eigenvalue weighted by Gasteiger charge is 2.16. The first kappa shape index (κ1) is 21.2. The summed E-state index contributed by atoms with van der Waals surface area (Å²) in [5.41, 5.74) is 1.05. The van der Waals surface area contributed by atoms with Gasteiger partial charge in [0.15, 0.2) is 17.1 Å². The molecule has 0 saturated heterocycles. The molecule has 3 rings (SSSR count). The normalized spacial score (nSPS) is 11.7. The molecule has 0 atom stereocenters. The number of aromatic amines is 1. The van der Waals surface area contributed by atoms with Gasteiger partial charge in [-0.25, -0.2) is 9.63 Å². The molecule has 11 heteroatoms. The van der Waals surface area contributed by atoms with E-state index in [0.717, 1.165) is 6.42 Å². The minimum atomic E-state index is -3.98. The number of ether oxygens (including phenoxy) is 3. The average Bonchev–Trinajstić information content (AvgIpc) is 3.11. The molecule has 1 aromatic heterocycles. The van der Waals surface area contributed by atoms with E-state index in [-0.39, 0.29) is 10.5 Å². The number of nitrogens with zero attached hydrogens (tertiary/aromatic N) is 1. The van der Waals surface area contributed by atoms with Crippen molar-refractivity contribution < 1.29 is 27.0 Å². The summed E-state index contributed by atoms with van der Waals surface area (Å²) in [5, 5.41) is 3.80.